The fourth-order valence-electron chi connectivity index (χ4n) is 1.89. The maximum atomic E-state index is 13.8. The van der Waals surface area contributed by atoms with Crippen molar-refractivity contribution in [3.8, 4) is 11.3 Å². The second-order valence-corrected chi connectivity index (χ2v) is 4.34. The summed E-state index contributed by atoms with van der Waals surface area (Å²) in [6.45, 7) is 0. The van der Waals surface area contributed by atoms with Crippen molar-refractivity contribution in [2.75, 3.05) is 5.73 Å². The third kappa shape index (κ3) is 1.62. The van der Waals surface area contributed by atoms with Gasteiger partial charge in [0, 0.05) is 16.8 Å². The molecule has 2 aromatic heterocycles. The van der Waals surface area contributed by atoms with E-state index in [1.54, 1.807) is 10.6 Å². The van der Waals surface area contributed by atoms with Gasteiger partial charge in [-0.2, -0.15) is 0 Å². The number of halogens is 2. The van der Waals surface area contributed by atoms with E-state index in [1.807, 2.05) is 18.2 Å². The number of aromatic nitrogens is 2. The molecule has 3 aromatic rings. The van der Waals surface area contributed by atoms with Crippen molar-refractivity contribution in [2.24, 2.45) is 0 Å². The molecular weight excluding hydrogens is 253 g/mol. The highest BCUT2D eigenvalue weighted by atomic mass is 35.5. The van der Waals surface area contributed by atoms with Crippen LogP contribution in [-0.2, 0) is 0 Å². The Labute approximate surface area is 108 Å². The Bertz CT molecular complexity index is 736. The average Bonchev–Trinajstić information content (AvgIpc) is 2.71. The molecule has 18 heavy (non-hydrogen) atoms. The van der Waals surface area contributed by atoms with Crippen LogP contribution in [-0.4, -0.2) is 9.38 Å². The standard InChI is InChI=1S/C13H9ClFN3/c14-8-4-5-10(15)9(7-8)12-13(16)18-6-2-1-3-11(18)17-12/h1-7H,16H2. The summed E-state index contributed by atoms with van der Waals surface area (Å²) in [7, 11) is 0. The third-order valence-electron chi connectivity index (χ3n) is 2.75. The lowest BCUT2D eigenvalue weighted by molar-refractivity contribution is 0.631. The van der Waals surface area contributed by atoms with E-state index < -0.39 is 5.82 Å². The van der Waals surface area contributed by atoms with E-state index in [9.17, 15) is 4.39 Å². The van der Waals surface area contributed by atoms with Crippen molar-refractivity contribution in [1.82, 2.24) is 9.38 Å². The van der Waals surface area contributed by atoms with Crippen LogP contribution in [0.5, 0.6) is 0 Å². The number of benzene rings is 1. The highest BCUT2D eigenvalue weighted by Gasteiger charge is 2.14. The number of nitrogen functional groups attached to an aromatic ring is 1. The van der Waals surface area contributed by atoms with Crippen LogP contribution in [0.2, 0.25) is 5.02 Å². The average molecular weight is 262 g/mol. The first-order valence-corrected chi connectivity index (χ1v) is 5.72. The van der Waals surface area contributed by atoms with E-state index in [0.29, 0.717) is 27.7 Å². The zero-order valence-corrected chi connectivity index (χ0v) is 10.0. The lowest BCUT2D eigenvalue weighted by Crippen LogP contribution is -1.94. The van der Waals surface area contributed by atoms with Gasteiger partial charge in [-0.05, 0) is 30.3 Å². The van der Waals surface area contributed by atoms with Crippen LogP contribution in [0.3, 0.4) is 0 Å². The number of nitrogens with zero attached hydrogens (tertiary/aromatic N) is 2. The molecule has 3 rings (SSSR count). The SMILES string of the molecule is Nc1c(-c2cc(Cl)ccc2F)nc2ccccn12. The predicted octanol–water partition coefficient (Wildman–Crippen LogP) is 3.38. The Hall–Kier alpha value is -2.07. The summed E-state index contributed by atoms with van der Waals surface area (Å²) in [5, 5.41) is 0.447. The Morgan fingerprint density at radius 1 is 1.22 bits per heavy atom. The van der Waals surface area contributed by atoms with Gasteiger partial charge in [-0.1, -0.05) is 17.7 Å². The van der Waals surface area contributed by atoms with Gasteiger partial charge >= 0.3 is 0 Å². The van der Waals surface area contributed by atoms with Crippen LogP contribution >= 0.6 is 11.6 Å². The first-order chi connectivity index (χ1) is 8.66. The molecule has 0 fully saturated rings. The molecule has 0 aliphatic carbocycles. The van der Waals surface area contributed by atoms with Crippen LogP contribution < -0.4 is 5.73 Å². The van der Waals surface area contributed by atoms with E-state index in [4.69, 9.17) is 17.3 Å². The van der Waals surface area contributed by atoms with Crippen molar-refractivity contribution in [3.05, 3.63) is 53.4 Å². The normalized spacial score (nSPS) is 11.0. The fraction of sp³-hybridized carbons (Fsp3) is 0. The summed E-state index contributed by atoms with van der Waals surface area (Å²) < 4.78 is 15.5. The van der Waals surface area contributed by atoms with E-state index in [0.717, 1.165) is 0 Å². The first kappa shape index (κ1) is 11.0. The Kier molecular flexibility index (Phi) is 2.45. The predicted molar refractivity (Wildman–Crippen MR) is 70.0 cm³/mol. The van der Waals surface area contributed by atoms with Crippen LogP contribution in [0.4, 0.5) is 10.2 Å². The maximum Gasteiger partial charge on any atom is 0.139 e. The summed E-state index contributed by atoms with van der Waals surface area (Å²) in [6.07, 6.45) is 1.78. The van der Waals surface area contributed by atoms with Crippen LogP contribution in [0, 0.1) is 5.82 Å². The Balaban J connectivity index is 2.31. The molecule has 0 spiro atoms. The molecule has 0 atom stereocenters. The van der Waals surface area contributed by atoms with Gasteiger partial charge in [0.05, 0.1) is 0 Å². The molecule has 0 aliphatic heterocycles. The largest absolute Gasteiger partial charge is 0.383 e. The molecule has 2 heterocycles. The molecule has 1 aromatic carbocycles. The summed E-state index contributed by atoms with van der Waals surface area (Å²) >= 11 is 5.88. The molecule has 0 aliphatic rings. The van der Waals surface area contributed by atoms with Crippen LogP contribution in [0.15, 0.2) is 42.6 Å². The topological polar surface area (TPSA) is 43.3 Å². The van der Waals surface area contributed by atoms with Crippen LogP contribution in [0.25, 0.3) is 16.9 Å². The molecule has 0 saturated heterocycles. The minimum atomic E-state index is -0.394. The molecule has 0 amide bonds. The van der Waals surface area contributed by atoms with Gasteiger partial charge in [0.2, 0.25) is 0 Å². The van der Waals surface area contributed by atoms with Crippen molar-refractivity contribution in [3.63, 3.8) is 0 Å². The fourth-order valence-corrected chi connectivity index (χ4v) is 2.06. The van der Waals surface area contributed by atoms with Crippen molar-refractivity contribution in [1.29, 1.82) is 0 Å². The molecule has 5 heteroatoms. The molecule has 0 bridgehead atoms. The molecule has 0 saturated carbocycles. The monoisotopic (exact) mass is 261 g/mol. The molecule has 0 unspecified atom stereocenters. The number of rotatable bonds is 1. The Morgan fingerprint density at radius 3 is 2.83 bits per heavy atom. The van der Waals surface area contributed by atoms with Crippen molar-refractivity contribution < 1.29 is 4.39 Å². The summed E-state index contributed by atoms with van der Waals surface area (Å²) in [4.78, 5) is 4.32. The second kappa shape index (κ2) is 3.99. The van der Waals surface area contributed by atoms with E-state index in [1.165, 1.54) is 18.2 Å². The van der Waals surface area contributed by atoms with Gasteiger partial charge in [0.1, 0.15) is 23.0 Å². The maximum absolute atomic E-state index is 13.8. The van der Waals surface area contributed by atoms with Gasteiger partial charge in [-0.3, -0.25) is 4.40 Å². The summed E-state index contributed by atoms with van der Waals surface area (Å²) in [5.41, 5.74) is 7.36. The first-order valence-electron chi connectivity index (χ1n) is 5.35. The van der Waals surface area contributed by atoms with Crippen molar-refractivity contribution in [2.45, 2.75) is 0 Å². The lowest BCUT2D eigenvalue weighted by Gasteiger charge is -2.01. The van der Waals surface area contributed by atoms with Gasteiger partial charge in [-0.25, -0.2) is 9.37 Å². The second-order valence-electron chi connectivity index (χ2n) is 3.90. The number of hydrogen-bond acceptors (Lipinski definition) is 2. The summed E-state index contributed by atoms with van der Waals surface area (Å²) in [6, 6.07) is 9.81. The Morgan fingerprint density at radius 2 is 2.06 bits per heavy atom. The van der Waals surface area contributed by atoms with Crippen LogP contribution in [0.1, 0.15) is 0 Å². The van der Waals surface area contributed by atoms with Gasteiger partial charge in [0.15, 0.2) is 0 Å². The molecule has 2 N–H and O–H groups in total. The highest BCUT2D eigenvalue weighted by molar-refractivity contribution is 6.30. The number of imidazole rings is 1. The number of pyridine rings is 1. The van der Waals surface area contributed by atoms with Gasteiger partial charge in [0.25, 0.3) is 0 Å². The number of fused-ring (bicyclic) bond motifs is 1. The van der Waals surface area contributed by atoms with Gasteiger partial charge < -0.3 is 5.73 Å². The third-order valence-corrected chi connectivity index (χ3v) is 2.99. The van der Waals surface area contributed by atoms with Gasteiger partial charge in [-0.15, -0.1) is 0 Å². The summed E-state index contributed by atoms with van der Waals surface area (Å²) in [5.74, 6) is 0.00118. The molecular formula is C13H9ClFN3. The van der Waals surface area contributed by atoms with E-state index >= 15 is 0 Å². The zero-order valence-electron chi connectivity index (χ0n) is 9.27. The van der Waals surface area contributed by atoms with Crippen molar-refractivity contribution >= 4 is 23.1 Å². The molecule has 90 valence electrons. The smallest absolute Gasteiger partial charge is 0.139 e. The zero-order chi connectivity index (χ0) is 12.7. The number of hydrogen-bond donors (Lipinski definition) is 1. The minimum absolute atomic E-state index is 0.309. The molecule has 3 nitrogen and oxygen atoms in total. The minimum Gasteiger partial charge on any atom is -0.383 e. The number of nitrogens with two attached hydrogens (primary N) is 1. The van der Waals surface area contributed by atoms with E-state index in [-0.39, 0.29) is 0 Å². The number of anilines is 1. The molecule has 0 radical (unpaired) electrons. The highest BCUT2D eigenvalue weighted by Crippen LogP contribution is 2.30. The lowest BCUT2D eigenvalue weighted by atomic mass is 10.1. The quantitative estimate of drug-likeness (QED) is 0.730. The van der Waals surface area contributed by atoms with E-state index in [2.05, 4.69) is 4.98 Å².